The van der Waals surface area contributed by atoms with Crippen molar-refractivity contribution in [3.05, 3.63) is 50.7 Å². The van der Waals surface area contributed by atoms with Crippen LogP contribution in [-0.2, 0) is 12.2 Å². The molecule has 1 aromatic carbocycles. The number of nitrogens with one attached hydrogen (secondary N) is 1. The first kappa shape index (κ1) is 14.9. The van der Waals surface area contributed by atoms with Gasteiger partial charge in [-0.25, -0.2) is 5.43 Å². The molecule has 0 saturated carbocycles. The van der Waals surface area contributed by atoms with Crippen LogP contribution in [0, 0.1) is 6.92 Å². The first-order valence-corrected chi connectivity index (χ1v) is 9.00. The van der Waals surface area contributed by atoms with Gasteiger partial charge in [-0.05, 0) is 54.0 Å². The minimum atomic E-state index is 0.0523. The van der Waals surface area contributed by atoms with E-state index < -0.39 is 0 Å². The topological polar surface area (TPSA) is 47.3 Å². The van der Waals surface area contributed by atoms with Crippen LogP contribution < -0.4 is 16.0 Å². The molecule has 0 amide bonds. The molecule has 3 rings (SSSR count). The molecule has 0 aliphatic carbocycles. The molecule has 2 aromatic rings. The van der Waals surface area contributed by atoms with Crippen molar-refractivity contribution in [3.8, 4) is 5.75 Å². The highest BCUT2D eigenvalue weighted by molar-refractivity contribution is 7.98. The average molecular weight is 320 g/mol. The Labute approximate surface area is 133 Å². The summed E-state index contributed by atoms with van der Waals surface area (Å²) in [6, 6.07) is 8.53. The van der Waals surface area contributed by atoms with E-state index in [1.807, 2.05) is 29.2 Å². The number of ether oxygens (including phenoxy) is 1. The lowest BCUT2D eigenvalue weighted by molar-refractivity contribution is 0.414. The third-order valence-electron chi connectivity index (χ3n) is 3.89. The van der Waals surface area contributed by atoms with E-state index in [-0.39, 0.29) is 6.04 Å². The fourth-order valence-electron chi connectivity index (χ4n) is 2.74. The Bertz CT molecular complexity index is 616. The molecule has 3 nitrogen and oxygen atoms in total. The maximum atomic E-state index is 5.85. The first-order chi connectivity index (χ1) is 10.2. The largest absolute Gasteiger partial charge is 0.497 e. The lowest BCUT2D eigenvalue weighted by atomic mass is 9.99. The molecule has 2 heterocycles. The second kappa shape index (κ2) is 6.40. The number of hydrazine groups is 1. The zero-order valence-corrected chi connectivity index (χ0v) is 13.9. The molecule has 0 bridgehead atoms. The van der Waals surface area contributed by atoms with Gasteiger partial charge in [0.2, 0.25) is 0 Å². The molecule has 1 aromatic heterocycles. The number of nitrogens with two attached hydrogens (primary N) is 1. The van der Waals surface area contributed by atoms with Crippen molar-refractivity contribution in [1.29, 1.82) is 0 Å². The second-order valence-corrected chi connectivity index (χ2v) is 7.50. The number of rotatable bonds is 4. The Hall–Kier alpha value is -1.01. The maximum absolute atomic E-state index is 5.85. The third kappa shape index (κ3) is 2.97. The van der Waals surface area contributed by atoms with Crippen LogP contribution >= 0.6 is 23.1 Å². The van der Waals surface area contributed by atoms with Crippen molar-refractivity contribution in [2.75, 3.05) is 12.9 Å². The number of fused-ring (bicyclic) bond motifs is 1. The van der Waals surface area contributed by atoms with Gasteiger partial charge < -0.3 is 4.74 Å². The van der Waals surface area contributed by atoms with Crippen LogP contribution in [-0.4, -0.2) is 12.9 Å². The van der Waals surface area contributed by atoms with Gasteiger partial charge >= 0.3 is 0 Å². The van der Waals surface area contributed by atoms with Crippen molar-refractivity contribution in [3.63, 3.8) is 0 Å². The molecule has 1 unspecified atom stereocenters. The third-order valence-corrected chi connectivity index (χ3v) is 6.20. The summed E-state index contributed by atoms with van der Waals surface area (Å²) in [5.41, 5.74) is 6.87. The Morgan fingerprint density at radius 1 is 1.33 bits per heavy atom. The summed E-state index contributed by atoms with van der Waals surface area (Å²) in [6.07, 6.45) is 1.18. The molecule has 5 heteroatoms. The van der Waals surface area contributed by atoms with Crippen molar-refractivity contribution >= 4 is 23.1 Å². The first-order valence-electron chi connectivity index (χ1n) is 7.03. The summed E-state index contributed by atoms with van der Waals surface area (Å²) >= 11 is 3.91. The van der Waals surface area contributed by atoms with E-state index in [1.54, 1.807) is 7.11 Å². The van der Waals surface area contributed by atoms with Crippen LogP contribution in [0.1, 0.15) is 32.5 Å². The van der Waals surface area contributed by atoms with E-state index >= 15 is 0 Å². The van der Waals surface area contributed by atoms with Gasteiger partial charge in [-0.3, -0.25) is 5.84 Å². The minimum absolute atomic E-state index is 0.0523. The molecule has 0 radical (unpaired) electrons. The molecule has 1 aliphatic rings. The molecule has 1 atom stereocenters. The Balaban J connectivity index is 1.96. The Morgan fingerprint density at radius 3 is 2.86 bits per heavy atom. The molecule has 0 saturated heterocycles. The fraction of sp³-hybridized carbons (Fsp3) is 0.375. The maximum Gasteiger partial charge on any atom is 0.119 e. The quantitative estimate of drug-likeness (QED) is 0.669. The Kier molecular flexibility index (Phi) is 4.54. The lowest BCUT2D eigenvalue weighted by Crippen LogP contribution is -2.28. The summed E-state index contributed by atoms with van der Waals surface area (Å²) < 4.78 is 5.28. The van der Waals surface area contributed by atoms with Gasteiger partial charge in [-0.15, -0.1) is 11.3 Å². The highest BCUT2D eigenvalue weighted by atomic mass is 32.2. The summed E-state index contributed by atoms with van der Waals surface area (Å²) in [5.74, 6) is 9.10. The normalized spacial score (nSPS) is 15.6. The number of benzene rings is 1. The van der Waals surface area contributed by atoms with Gasteiger partial charge in [-0.1, -0.05) is 6.07 Å². The SMILES string of the molecule is COc1ccc(C(NN)c2cc3c(s2)CCSC3)c(C)c1. The van der Waals surface area contributed by atoms with Gasteiger partial charge in [0.15, 0.2) is 0 Å². The Morgan fingerprint density at radius 2 is 2.19 bits per heavy atom. The summed E-state index contributed by atoms with van der Waals surface area (Å²) in [5, 5.41) is 0. The van der Waals surface area contributed by atoms with E-state index in [1.165, 1.54) is 38.6 Å². The van der Waals surface area contributed by atoms with Gasteiger partial charge in [0.25, 0.3) is 0 Å². The zero-order valence-electron chi connectivity index (χ0n) is 12.3. The van der Waals surface area contributed by atoms with Crippen LogP contribution in [0.25, 0.3) is 0 Å². The number of hydrogen-bond acceptors (Lipinski definition) is 5. The molecule has 0 spiro atoms. The predicted molar refractivity (Wildman–Crippen MR) is 91.1 cm³/mol. The standard InChI is InChI=1S/C16H20N2OS2/c1-10-7-12(19-2)3-4-13(10)16(18-17)15-8-11-9-20-6-5-14(11)21-15/h3-4,7-8,16,18H,5-6,9,17H2,1-2H3. The van der Waals surface area contributed by atoms with Crippen molar-refractivity contribution < 1.29 is 4.74 Å². The highest BCUT2D eigenvalue weighted by Gasteiger charge is 2.21. The smallest absolute Gasteiger partial charge is 0.119 e. The van der Waals surface area contributed by atoms with E-state index in [9.17, 15) is 0 Å². The number of methoxy groups -OCH3 is 1. The van der Waals surface area contributed by atoms with Gasteiger partial charge in [0.05, 0.1) is 13.2 Å². The van der Waals surface area contributed by atoms with Crippen molar-refractivity contribution in [2.24, 2.45) is 5.84 Å². The van der Waals surface area contributed by atoms with Crippen molar-refractivity contribution in [1.82, 2.24) is 5.43 Å². The van der Waals surface area contributed by atoms with E-state index in [2.05, 4.69) is 30.5 Å². The average Bonchev–Trinajstić information content (AvgIpc) is 2.93. The molecule has 3 N–H and O–H groups in total. The van der Waals surface area contributed by atoms with Crippen molar-refractivity contribution in [2.45, 2.75) is 25.1 Å². The lowest BCUT2D eigenvalue weighted by Gasteiger charge is -2.18. The number of thiophene rings is 1. The molecular formula is C16H20N2OS2. The van der Waals surface area contributed by atoms with Crippen LogP contribution in [0.15, 0.2) is 24.3 Å². The van der Waals surface area contributed by atoms with E-state index in [0.29, 0.717) is 0 Å². The number of aryl methyl sites for hydroxylation is 2. The molecular weight excluding hydrogens is 300 g/mol. The molecule has 112 valence electrons. The fourth-order valence-corrected chi connectivity index (χ4v) is 5.19. The van der Waals surface area contributed by atoms with Crippen LogP contribution in [0.5, 0.6) is 5.75 Å². The zero-order chi connectivity index (χ0) is 14.8. The molecule has 21 heavy (non-hydrogen) atoms. The number of thioether (sulfide) groups is 1. The van der Waals surface area contributed by atoms with Gasteiger partial charge in [0.1, 0.15) is 5.75 Å². The summed E-state index contributed by atoms with van der Waals surface area (Å²) in [4.78, 5) is 2.83. The van der Waals surface area contributed by atoms with Gasteiger partial charge in [-0.2, -0.15) is 11.8 Å². The predicted octanol–water partition coefficient (Wildman–Crippen LogP) is 3.41. The highest BCUT2D eigenvalue weighted by Crippen LogP contribution is 2.37. The number of hydrogen-bond donors (Lipinski definition) is 2. The van der Waals surface area contributed by atoms with E-state index in [0.717, 1.165) is 11.5 Å². The monoisotopic (exact) mass is 320 g/mol. The molecule has 1 aliphatic heterocycles. The van der Waals surface area contributed by atoms with Crippen LogP contribution in [0.4, 0.5) is 0 Å². The van der Waals surface area contributed by atoms with E-state index in [4.69, 9.17) is 10.6 Å². The van der Waals surface area contributed by atoms with Gasteiger partial charge in [0, 0.05) is 15.5 Å². The minimum Gasteiger partial charge on any atom is -0.497 e. The second-order valence-electron chi connectivity index (χ2n) is 5.22. The van der Waals surface area contributed by atoms with Crippen LogP contribution in [0.2, 0.25) is 0 Å². The van der Waals surface area contributed by atoms with Crippen LogP contribution in [0.3, 0.4) is 0 Å². The molecule has 0 fully saturated rings. The summed E-state index contributed by atoms with van der Waals surface area (Å²) in [6.45, 7) is 2.10. The summed E-state index contributed by atoms with van der Waals surface area (Å²) in [7, 11) is 1.69.